The molecule has 0 aliphatic rings. The van der Waals surface area contributed by atoms with Crippen LogP contribution in [0.1, 0.15) is 12.6 Å². The van der Waals surface area contributed by atoms with Crippen molar-refractivity contribution in [1.29, 1.82) is 0 Å². The minimum atomic E-state index is 0.844. The third-order valence-electron chi connectivity index (χ3n) is 1.22. The number of aromatic nitrogens is 1. The highest BCUT2D eigenvalue weighted by Gasteiger charge is 1.92. The molecule has 60 valence electrons. The van der Waals surface area contributed by atoms with Gasteiger partial charge in [-0.15, -0.1) is 11.3 Å². The van der Waals surface area contributed by atoms with Gasteiger partial charge in [0.25, 0.3) is 0 Å². The molecule has 0 amide bonds. The molecule has 2 nitrogen and oxygen atoms in total. The summed E-state index contributed by atoms with van der Waals surface area (Å²) in [6.45, 7) is 7.52. The van der Waals surface area contributed by atoms with Crippen LogP contribution in [0, 0.1) is 0 Å². The second-order valence-electron chi connectivity index (χ2n) is 2.54. The topological polar surface area (TPSA) is 24.9 Å². The van der Waals surface area contributed by atoms with Gasteiger partial charge in [-0.3, -0.25) is 0 Å². The maximum absolute atomic E-state index is 4.14. The van der Waals surface area contributed by atoms with Crippen LogP contribution < -0.4 is 5.32 Å². The molecule has 1 N–H and O–H groups in total. The fourth-order valence-electron chi connectivity index (χ4n) is 0.729. The van der Waals surface area contributed by atoms with Gasteiger partial charge in [0.05, 0.1) is 11.2 Å². The predicted molar refractivity (Wildman–Crippen MR) is 48.6 cm³/mol. The van der Waals surface area contributed by atoms with Gasteiger partial charge in [0.1, 0.15) is 0 Å². The lowest BCUT2D eigenvalue weighted by molar-refractivity contribution is 0.727. The quantitative estimate of drug-likeness (QED) is 0.693. The Balaban J connectivity index is 2.19. The summed E-state index contributed by atoms with van der Waals surface area (Å²) in [7, 11) is 0. The van der Waals surface area contributed by atoms with Crippen LogP contribution in [0.25, 0.3) is 0 Å². The van der Waals surface area contributed by atoms with Gasteiger partial charge < -0.3 is 5.32 Å². The molecule has 0 aliphatic heterocycles. The summed E-state index contributed by atoms with van der Waals surface area (Å²) in [5.74, 6) is 0. The van der Waals surface area contributed by atoms with Gasteiger partial charge in [-0.1, -0.05) is 12.2 Å². The van der Waals surface area contributed by atoms with E-state index in [1.807, 2.05) is 17.8 Å². The van der Waals surface area contributed by atoms with Gasteiger partial charge >= 0.3 is 0 Å². The van der Waals surface area contributed by atoms with Crippen molar-refractivity contribution in [3.63, 3.8) is 0 Å². The summed E-state index contributed by atoms with van der Waals surface area (Å²) in [5.41, 5.74) is 4.11. The summed E-state index contributed by atoms with van der Waals surface area (Å²) in [5, 5.41) is 5.28. The number of nitrogens with one attached hydrogen (secondary N) is 1. The van der Waals surface area contributed by atoms with Crippen LogP contribution in [-0.4, -0.2) is 11.5 Å². The fourth-order valence-corrected chi connectivity index (χ4v) is 1.29. The molecule has 0 fully saturated rings. The van der Waals surface area contributed by atoms with Crippen LogP contribution >= 0.6 is 11.3 Å². The molecule has 0 saturated carbocycles. The molecule has 0 radical (unpaired) electrons. The number of rotatable bonds is 4. The van der Waals surface area contributed by atoms with E-state index in [4.69, 9.17) is 0 Å². The van der Waals surface area contributed by atoms with Gasteiger partial charge in [0, 0.05) is 18.5 Å². The van der Waals surface area contributed by atoms with E-state index in [1.165, 1.54) is 0 Å². The first-order chi connectivity index (χ1) is 5.29. The Morgan fingerprint density at radius 1 is 1.82 bits per heavy atom. The number of nitrogens with zero attached hydrogens (tertiary/aromatic N) is 1. The monoisotopic (exact) mass is 168 g/mol. The Morgan fingerprint density at radius 2 is 2.64 bits per heavy atom. The molecular weight excluding hydrogens is 156 g/mol. The van der Waals surface area contributed by atoms with Crippen LogP contribution in [-0.2, 0) is 6.54 Å². The van der Waals surface area contributed by atoms with Crippen molar-refractivity contribution in [1.82, 2.24) is 10.3 Å². The molecular formula is C8H12N2S. The molecule has 11 heavy (non-hydrogen) atoms. The third kappa shape index (κ3) is 3.30. The Bertz CT molecular complexity index is 216. The van der Waals surface area contributed by atoms with Gasteiger partial charge in [-0.25, -0.2) is 4.98 Å². The molecule has 1 aromatic heterocycles. The lowest BCUT2D eigenvalue weighted by atomic mass is 10.3. The third-order valence-corrected chi connectivity index (χ3v) is 1.85. The van der Waals surface area contributed by atoms with Crippen LogP contribution in [0.3, 0.4) is 0 Å². The van der Waals surface area contributed by atoms with Crippen molar-refractivity contribution in [3.05, 3.63) is 28.7 Å². The number of thiazole rings is 1. The molecule has 1 aromatic rings. The number of hydrogen-bond acceptors (Lipinski definition) is 3. The zero-order valence-corrected chi connectivity index (χ0v) is 7.45. The highest BCUT2D eigenvalue weighted by atomic mass is 32.1. The molecule has 1 heterocycles. The summed E-state index contributed by atoms with van der Waals surface area (Å²) in [4.78, 5) is 4.14. The first-order valence-corrected chi connectivity index (χ1v) is 4.45. The highest BCUT2D eigenvalue weighted by molar-refractivity contribution is 7.07. The van der Waals surface area contributed by atoms with Gasteiger partial charge in [0.2, 0.25) is 0 Å². The van der Waals surface area contributed by atoms with Crippen molar-refractivity contribution in [2.75, 3.05) is 6.54 Å². The van der Waals surface area contributed by atoms with Gasteiger partial charge in [-0.05, 0) is 6.92 Å². The van der Waals surface area contributed by atoms with Crippen molar-refractivity contribution in [2.45, 2.75) is 13.5 Å². The molecule has 3 heteroatoms. The molecule has 1 rings (SSSR count). The van der Waals surface area contributed by atoms with Crippen molar-refractivity contribution in [2.24, 2.45) is 0 Å². The Morgan fingerprint density at radius 3 is 3.18 bits per heavy atom. The lowest BCUT2D eigenvalue weighted by Gasteiger charge is -1.99. The Labute approximate surface area is 71.0 Å². The molecule has 0 aliphatic carbocycles. The van der Waals surface area contributed by atoms with E-state index in [0.717, 1.165) is 24.4 Å². The minimum absolute atomic E-state index is 0.844. The summed E-state index contributed by atoms with van der Waals surface area (Å²) >= 11 is 1.62. The minimum Gasteiger partial charge on any atom is -0.307 e. The molecule has 0 aromatic carbocycles. The van der Waals surface area contributed by atoms with Crippen LogP contribution in [0.15, 0.2) is 23.0 Å². The molecule has 0 spiro atoms. The Hall–Kier alpha value is -0.670. The van der Waals surface area contributed by atoms with Crippen LogP contribution in [0.5, 0.6) is 0 Å². The summed E-state index contributed by atoms with van der Waals surface area (Å²) < 4.78 is 0. The zero-order chi connectivity index (χ0) is 8.10. The normalized spacial score (nSPS) is 9.91. The molecule has 0 atom stereocenters. The predicted octanol–water partition coefficient (Wildman–Crippen LogP) is 1.81. The number of hydrogen-bond donors (Lipinski definition) is 1. The molecule has 0 bridgehead atoms. The maximum Gasteiger partial charge on any atom is 0.0795 e. The summed E-state index contributed by atoms with van der Waals surface area (Å²) in [6, 6.07) is 0. The van der Waals surface area contributed by atoms with E-state index < -0.39 is 0 Å². The second-order valence-corrected chi connectivity index (χ2v) is 3.26. The first-order valence-electron chi connectivity index (χ1n) is 3.51. The van der Waals surface area contributed by atoms with E-state index in [0.29, 0.717) is 0 Å². The van der Waals surface area contributed by atoms with Crippen LogP contribution in [0.4, 0.5) is 0 Å². The standard InChI is InChI=1S/C8H12N2S/c1-7(2)3-9-4-8-5-11-6-10-8/h5-6,9H,1,3-4H2,2H3. The first kappa shape index (κ1) is 8.43. The molecule has 0 saturated heterocycles. The van der Waals surface area contributed by atoms with E-state index in [-0.39, 0.29) is 0 Å². The Kier molecular flexibility index (Phi) is 3.26. The largest absolute Gasteiger partial charge is 0.307 e. The van der Waals surface area contributed by atoms with Gasteiger partial charge in [0.15, 0.2) is 0 Å². The fraction of sp³-hybridized carbons (Fsp3) is 0.375. The maximum atomic E-state index is 4.14. The lowest BCUT2D eigenvalue weighted by Crippen LogP contribution is -2.15. The van der Waals surface area contributed by atoms with Gasteiger partial charge in [-0.2, -0.15) is 0 Å². The van der Waals surface area contributed by atoms with Crippen molar-refractivity contribution >= 4 is 11.3 Å². The SMILES string of the molecule is C=C(C)CNCc1cscn1. The van der Waals surface area contributed by atoms with E-state index in [9.17, 15) is 0 Å². The second kappa shape index (κ2) is 4.26. The van der Waals surface area contributed by atoms with E-state index in [2.05, 4.69) is 16.9 Å². The molecule has 0 unspecified atom stereocenters. The smallest absolute Gasteiger partial charge is 0.0795 e. The van der Waals surface area contributed by atoms with Crippen molar-refractivity contribution < 1.29 is 0 Å². The average Bonchev–Trinajstić information content (AvgIpc) is 2.39. The average molecular weight is 168 g/mol. The van der Waals surface area contributed by atoms with E-state index >= 15 is 0 Å². The zero-order valence-electron chi connectivity index (χ0n) is 6.63. The highest BCUT2D eigenvalue weighted by Crippen LogP contribution is 1.99. The van der Waals surface area contributed by atoms with Crippen LogP contribution in [0.2, 0.25) is 0 Å². The van der Waals surface area contributed by atoms with E-state index in [1.54, 1.807) is 11.3 Å². The summed E-state index contributed by atoms with van der Waals surface area (Å²) in [6.07, 6.45) is 0. The van der Waals surface area contributed by atoms with Crippen molar-refractivity contribution in [3.8, 4) is 0 Å².